The summed E-state index contributed by atoms with van der Waals surface area (Å²) in [6, 6.07) is 13.9. The maximum absolute atomic E-state index is 13.7. The molecule has 1 aromatic carbocycles. The molecule has 1 aliphatic carbocycles. The molecule has 1 saturated carbocycles. The van der Waals surface area contributed by atoms with Crippen molar-refractivity contribution in [3.8, 4) is 10.4 Å². The van der Waals surface area contributed by atoms with Crippen LogP contribution in [0.15, 0.2) is 48.7 Å². The van der Waals surface area contributed by atoms with Crippen LogP contribution in [0.25, 0.3) is 10.4 Å². The minimum Gasteiger partial charge on any atom is -0.368 e. The van der Waals surface area contributed by atoms with Crippen LogP contribution in [-0.2, 0) is 0 Å². The molecule has 31 heavy (non-hydrogen) atoms. The van der Waals surface area contributed by atoms with Crippen LogP contribution in [0.1, 0.15) is 41.2 Å². The molecular weight excluding hydrogens is 428 g/mol. The van der Waals surface area contributed by atoms with E-state index in [-0.39, 0.29) is 11.9 Å². The average Bonchev–Trinajstić information content (AvgIpc) is 3.42. The van der Waals surface area contributed by atoms with Gasteiger partial charge in [-0.2, -0.15) is 0 Å². The van der Waals surface area contributed by atoms with Gasteiger partial charge in [0.1, 0.15) is 11.5 Å². The molecule has 7 heteroatoms. The summed E-state index contributed by atoms with van der Waals surface area (Å²) in [4.78, 5) is 25.7. The smallest absolute Gasteiger partial charge is 0.274 e. The Morgan fingerprint density at radius 1 is 1.23 bits per heavy atom. The van der Waals surface area contributed by atoms with Crippen molar-refractivity contribution < 1.29 is 4.79 Å². The first-order valence-corrected chi connectivity index (χ1v) is 11.9. The van der Waals surface area contributed by atoms with Crippen LogP contribution in [0.3, 0.4) is 0 Å². The summed E-state index contributed by atoms with van der Waals surface area (Å²) in [5, 5.41) is 4.94. The maximum atomic E-state index is 13.7. The van der Waals surface area contributed by atoms with Crippen LogP contribution in [0, 0.1) is 12.3 Å². The van der Waals surface area contributed by atoms with E-state index in [4.69, 9.17) is 11.6 Å². The molecule has 5 nitrogen and oxygen atoms in total. The number of carbonyl (C=O) groups excluding carboxylic acids is 1. The van der Waals surface area contributed by atoms with Gasteiger partial charge in [0.25, 0.3) is 5.91 Å². The summed E-state index contributed by atoms with van der Waals surface area (Å²) in [6.45, 7) is 3.42. The third-order valence-corrected chi connectivity index (χ3v) is 7.67. The number of benzene rings is 1. The van der Waals surface area contributed by atoms with Gasteiger partial charge in [0.15, 0.2) is 0 Å². The number of rotatable bonds is 5. The van der Waals surface area contributed by atoms with Crippen LogP contribution < -0.4 is 5.32 Å². The highest BCUT2D eigenvalue weighted by Gasteiger charge is 2.49. The molecule has 3 aromatic rings. The summed E-state index contributed by atoms with van der Waals surface area (Å²) in [5.41, 5.74) is 2.05. The number of pyridine rings is 1. The minimum absolute atomic E-state index is 0.0366. The largest absolute Gasteiger partial charge is 0.368 e. The van der Waals surface area contributed by atoms with E-state index in [1.165, 1.54) is 12.8 Å². The molecular formula is C24H25ClN4OS. The SMILES string of the molecule is Cc1nc(C(=O)N2CCC3(CC3)C[C@@H]2CNc2ccc(Cl)cn2)c(-c2ccccc2)s1. The number of nitrogens with one attached hydrogen (secondary N) is 1. The number of aryl methyl sites for hydroxylation is 1. The normalized spacial score (nSPS) is 19.4. The lowest BCUT2D eigenvalue weighted by molar-refractivity contribution is 0.0541. The van der Waals surface area contributed by atoms with Gasteiger partial charge in [-0.05, 0) is 55.7 Å². The fourth-order valence-corrected chi connectivity index (χ4v) is 5.56. The van der Waals surface area contributed by atoms with E-state index in [1.807, 2.05) is 54.3 Å². The number of anilines is 1. The first-order valence-electron chi connectivity index (χ1n) is 10.7. The Kier molecular flexibility index (Phi) is 5.44. The number of likely N-dealkylation sites (tertiary alicyclic amines) is 1. The third kappa shape index (κ3) is 4.32. The van der Waals surface area contributed by atoms with Crippen molar-refractivity contribution in [1.82, 2.24) is 14.9 Å². The fraction of sp³-hybridized carbons (Fsp3) is 0.375. The number of amides is 1. The first kappa shape index (κ1) is 20.5. The Morgan fingerprint density at radius 3 is 2.74 bits per heavy atom. The highest BCUT2D eigenvalue weighted by Crippen LogP contribution is 2.55. The van der Waals surface area contributed by atoms with Gasteiger partial charge in [0, 0.05) is 25.3 Å². The summed E-state index contributed by atoms with van der Waals surface area (Å²) in [6.07, 6.45) is 6.30. The molecule has 1 amide bonds. The van der Waals surface area contributed by atoms with E-state index in [0.717, 1.165) is 40.7 Å². The standard InChI is InChI=1S/C24H25ClN4OS/c1-16-28-21(22(31-16)17-5-3-2-4-6-17)23(30)29-12-11-24(9-10-24)13-19(29)15-27-20-8-7-18(25)14-26-20/h2-8,14,19H,9-13,15H2,1H3,(H,26,27)/t19-/m1/s1. The molecule has 3 heterocycles. The molecule has 1 N–H and O–H groups in total. The average molecular weight is 453 g/mol. The second-order valence-electron chi connectivity index (χ2n) is 8.63. The summed E-state index contributed by atoms with van der Waals surface area (Å²) in [7, 11) is 0. The van der Waals surface area contributed by atoms with Crippen molar-refractivity contribution in [2.75, 3.05) is 18.4 Å². The van der Waals surface area contributed by atoms with Gasteiger partial charge >= 0.3 is 0 Å². The molecule has 160 valence electrons. The molecule has 2 aromatic heterocycles. The Labute approximate surface area is 191 Å². The van der Waals surface area contributed by atoms with Crippen molar-refractivity contribution in [3.63, 3.8) is 0 Å². The van der Waals surface area contributed by atoms with E-state index >= 15 is 0 Å². The van der Waals surface area contributed by atoms with Gasteiger partial charge in [-0.3, -0.25) is 4.79 Å². The van der Waals surface area contributed by atoms with Crippen LogP contribution >= 0.6 is 22.9 Å². The zero-order chi connectivity index (χ0) is 21.4. The topological polar surface area (TPSA) is 58.1 Å². The predicted octanol–water partition coefficient (Wildman–Crippen LogP) is 5.66. The van der Waals surface area contributed by atoms with Gasteiger partial charge in [-0.15, -0.1) is 11.3 Å². The Hall–Kier alpha value is -2.44. The second-order valence-corrected chi connectivity index (χ2v) is 10.3. The molecule has 1 atom stereocenters. The molecule has 2 aliphatic rings. The number of piperidine rings is 1. The fourth-order valence-electron chi connectivity index (χ4n) is 4.53. The van der Waals surface area contributed by atoms with Gasteiger partial charge in [0.05, 0.1) is 14.9 Å². The Balaban J connectivity index is 1.39. The zero-order valence-corrected chi connectivity index (χ0v) is 19.0. The van der Waals surface area contributed by atoms with Gasteiger partial charge < -0.3 is 10.2 Å². The van der Waals surface area contributed by atoms with E-state index in [2.05, 4.69) is 15.3 Å². The number of hydrogen-bond acceptors (Lipinski definition) is 5. The lowest BCUT2D eigenvalue weighted by Gasteiger charge is -2.40. The molecule has 1 aliphatic heterocycles. The Morgan fingerprint density at radius 2 is 2.03 bits per heavy atom. The van der Waals surface area contributed by atoms with Crippen molar-refractivity contribution >= 4 is 34.7 Å². The molecule has 5 rings (SSSR count). The number of thiazole rings is 1. The quantitative estimate of drug-likeness (QED) is 0.542. The van der Waals surface area contributed by atoms with E-state index in [1.54, 1.807) is 17.5 Å². The van der Waals surface area contributed by atoms with Crippen molar-refractivity contribution in [3.05, 3.63) is 64.4 Å². The Bertz CT molecular complexity index is 1080. The van der Waals surface area contributed by atoms with Crippen LogP contribution in [0.5, 0.6) is 0 Å². The van der Waals surface area contributed by atoms with Crippen LogP contribution in [-0.4, -0.2) is 39.9 Å². The summed E-state index contributed by atoms with van der Waals surface area (Å²) < 4.78 is 0. The van der Waals surface area contributed by atoms with Crippen molar-refractivity contribution in [2.45, 2.75) is 38.6 Å². The van der Waals surface area contributed by atoms with Gasteiger partial charge in [0.2, 0.25) is 0 Å². The molecule has 1 saturated heterocycles. The minimum atomic E-state index is 0.0366. The molecule has 0 radical (unpaired) electrons. The highest BCUT2D eigenvalue weighted by molar-refractivity contribution is 7.15. The lowest BCUT2D eigenvalue weighted by Crippen LogP contribution is -2.50. The second kappa shape index (κ2) is 8.24. The molecule has 1 spiro atoms. The van der Waals surface area contributed by atoms with Crippen molar-refractivity contribution in [2.24, 2.45) is 5.41 Å². The van der Waals surface area contributed by atoms with Gasteiger partial charge in [-0.25, -0.2) is 9.97 Å². The number of hydrogen-bond donors (Lipinski definition) is 1. The monoisotopic (exact) mass is 452 g/mol. The highest BCUT2D eigenvalue weighted by atomic mass is 35.5. The molecule has 0 bridgehead atoms. The van der Waals surface area contributed by atoms with E-state index < -0.39 is 0 Å². The lowest BCUT2D eigenvalue weighted by atomic mass is 9.87. The number of aromatic nitrogens is 2. The summed E-state index contributed by atoms with van der Waals surface area (Å²) >= 11 is 7.54. The van der Waals surface area contributed by atoms with Crippen LogP contribution in [0.2, 0.25) is 5.02 Å². The van der Waals surface area contributed by atoms with E-state index in [9.17, 15) is 4.79 Å². The first-order chi connectivity index (χ1) is 15.0. The summed E-state index contributed by atoms with van der Waals surface area (Å²) in [5.74, 6) is 0.816. The zero-order valence-electron chi connectivity index (χ0n) is 17.5. The number of nitrogens with zero attached hydrogens (tertiary/aromatic N) is 3. The predicted molar refractivity (Wildman–Crippen MR) is 126 cm³/mol. The maximum Gasteiger partial charge on any atom is 0.274 e. The van der Waals surface area contributed by atoms with Gasteiger partial charge in [-0.1, -0.05) is 41.9 Å². The number of carbonyl (C=O) groups is 1. The van der Waals surface area contributed by atoms with E-state index in [0.29, 0.717) is 22.7 Å². The molecule has 2 fully saturated rings. The number of halogens is 1. The van der Waals surface area contributed by atoms with Crippen molar-refractivity contribution in [1.29, 1.82) is 0 Å². The van der Waals surface area contributed by atoms with Crippen LogP contribution in [0.4, 0.5) is 5.82 Å². The molecule has 0 unspecified atom stereocenters. The third-order valence-electron chi connectivity index (χ3n) is 6.43.